The van der Waals surface area contributed by atoms with E-state index >= 15 is 0 Å². The molecule has 1 heterocycles. The Morgan fingerprint density at radius 1 is 1.55 bits per heavy atom. The molecule has 0 spiro atoms. The maximum Gasteiger partial charge on any atom is 0.335 e. The van der Waals surface area contributed by atoms with Gasteiger partial charge >= 0.3 is 5.97 Å². The van der Waals surface area contributed by atoms with E-state index in [1.165, 1.54) is 7.11 Å². The van der Waals surface area contributed by atoms with Gasteiger partial charge in [0.2, 0.25) is 0 Å². The van der Waals surface area contributed by atoms with Crippen molar-refractivity contribution in [3.05, 3.63) is 24.4 Å². The molecule has 11 heavy (non-hydrogen) atoms. The van der Waals surface area contributed by atoms with Crippen LogP contribution in [-0.4, -0.2) is 18.6 Å². The van der Waals surface area contributed by atoms with E-state index in [0.717, 1.165) is 0 Å². The number of carbonyl (C=O) groups is 1. The van der Waals surface area contributed by atoms with Gasteiger partial charge in [0.1, 0.15) is 0 Å². The number of ether oxygens (including phenoxy) is 1. The summed E-state index contributed by atoms with van der Waals surface area (Å²) in [4.78, 5) is 11.1. The van der Waals surface area contributed by atoms with Crippen molar-refractivity contribution in [2.24, 2.45) is 0 Å². The SMILES string of the molecule is COC(=O)C1(C)C=CC=CN1. The molecule has 60 valence electrons. The predicted molar refractivity (Wildman–Crippen MR) is 41.8 cm³/mol. The maximum atomic E-state index is 11.1. The Balaban J connectivity index is 2.75. The Kier molecular flexibility index (Phi) is 1.98. The van der Waals surface area contributed by atoms with Gasteiger partial charge < -0.3 is 10.1 Å². The van der Waals surface area contributed by atoms with Gasteiger partial charge in [0, 0.05) is 0 Å². The largest absolute Gasteiger partial charge is 0.467 e. The Hall–Kier alpha value is -1.25. The Labute approximate surface area is 65.7 Å². The van der Waals surface area contributed by atoms with Crippen molar-refractivity contribution in [1.29, 1.82) is 0 Å². The first-order valence-electron chi connectivity index (χ1n) is 3.39. The van der Waals surface area contributed by atoms with Gasteiger partial charge in [0.05, 0.1) is 7.11 Å². The van der Waals surface area contributed by atoms with Crippen molar-refractivity contribution in [2.75, 3.05) is 7.11 Å². The average molecular weight is 153 g/mol. The summed E-state index contributed by atoms with van der Waals surface area (Å²) in [5.74, 6) is -0.280. The zero-order chi connectivity index (χ0) is 8.32. The molecule has 3 heteroatoms. The van der Waals surface area contributed by atoms with E-state index in [2.05, 4.69) is 10.1 Å². The number of esters is 1. The maximum absolute atomic E-state index is 11.1. The third kappa shape index (κ3) is 1.42. The predicted octanol–water partition coefficient (Wildman–Crippen LogP) is 0.591. The molecular formula is C8H11NO2. The summed E-state index contributed by atoms with van der Waals surface area (Å²) in [5, 5.41) is 2.90. The fourth-order valence-electron chi connectivity index (χ4n) is 0.912. The topological polar surface area (TPSA) is 38.3 Å². The normalized spacial score (nSPS) is 27.8. The minimum Gasteiger partial charge on any atom is -0.467 e. The molecule has 3 nitrogen and oxygen atoms in total. The van der Waals surface area contributed by atoms with Crippen molar-refractivity contribution in [3.63, 3.8) is 0 Å². The highest BCUT2D eigenvalue weighted by Gasteiger charge is 2.30. The molecule has 0 fully saturated rings. The zero-order valence-electron chi connectivity index (χ0n) is 6.63. The van der Waals surface area contributed by atoms with E-state index < -0.39 is 5.54 Å². The van der Waals surface area contributed by atoms with Crippen LogP contribution < -0.4 is 5.32 Å². The number of rotatable bonds is 1. The molecule has 0 bridgehead atoms. The molecule has 0 radical (unpaired) electrons. The van der Waals surface area contributed by atoms with E-state index in [-0.39, 0.29) is 5.97 Å². The number of nitrogens with one attached hydrogen (secondary N) is 1. The van der Waals surface area contributed by atoms with Crippen LogP contribution in [0.3, 0.4) is 0 Å². The Morgan fingerprint density at radius 3 is 2.73 bits per heavy atom. The van der Waals surface area contributed by atoms with Crippen molar-refractivity contribution in [2.45, 2.75) is 12.5 Å². The fraction of sp³-hybridized carbons (Fsp3) is 0.375. The van der Waals surface area contributed by atoms with Gasteiger partial charge in [0.25, 0.3) is 0 Å². The monoisotopic (exact) mass is 153 g/mol. The molecule has 1 rings (SSSR count). The smallest absolute Gasteiger partial charge is 0.335 e. The van der Waals surface area contributed by atoms with E-state index in [0.29, 0.717) is 0 Å². The first-order valence-corrected chi connectivity index (χ1v) is 3.39. The molecule has 0 amide bonds. The molecule has 0 aliphatic carbocycles. The molecule has 0 saturated carbocycles. The number of carbonyl (C=O) groups excluding carboxylic acids is 1. The summed E-state index contributed by atoms with van der Waals surface area (Å²) in [6.07, 6.45) is 7.12. The third-order valence-electron chi connectivity index (χ3n) is 1.63. The first kappa shape index (κ1) is 7.85. The van der Waals surface area contributed by atoms with Gasteiger partial charge in [-0.1, -0.05) is 6.08 Å². The minimum atomic E-state index is -0.691. The highest BCUT2D eigenvalue weighted by Crippen LogP contribution is 2.11. The van der Waals surface area contributed by atoms with Crippen LogP contribution >= 0.6 is 0 Å². The number of methoxy groups -OCH3 is 1. The number of hydrogen-bond acceptors (Lipinski definition) is 3. The summed E-state index contributed by atoms with van der Waals surface area (Å²) in [7, 11) is 1.38. The van der Waals surface area contributed by atoms with E-state index in [4.69, 9.17) is 0 Å². The molecule has 1 unspecified atom stereocenters. The van der Waals surface area contributed by atoms with Gasteiger partial charge in [-0.25, -0.2) is 4.79 Å². The van der Waals surface area contributed by atoms with Crippen molar-refractivity contribution >= 4 is 5.97 Å². The fourth-order valence-corrected chi connectivity index (χ4v) is 0.912. The lowest BCUT2D eigenvalue weighted by Gasteiger charge is -2.24. The average Bonchev–Trinajstić information content (AvgIpc) is 2.04. The highest BCUT2D eigenvalue weighted by molar-refractivity contribution is 5.83. The van der Waals surface area contributed by atoms with Crippen LogP contribution in [0.1, 0.15) is 6.92 Å². The van der Waals surface area contributed by atoms with Crippen LogP contribution in [0.25, 0.3) is 0 Å². The van der Waals surface area contributed by atoms with Crippen LogP contribution in [0.15, 0.2) is 24.4 Å². The zero-order valence-corrected chi connectivity index (χ0v) is 6.63. The molecule has 1 aliphatic rings. The van der Waals surface area contributed by atoms with Crippen LogP contribution in [0.2, 0.25) is 0 Å². The molecule has 1 N–H and O–H groups in total. The second-order valence-corrected chi connectivity index (χ2v) is 2.56. The Morgan fingerprint density at radius 2 is 2.27 bits per heavy atom. The minimum absolute atomic E-state index is 0.280. The second kappa shape index (κ2) is 2.78. The molecule has 1 aliphatic heterocycles. The summed E-state index contributed by atoms with van der Waals surface area (Å²) >= 11 is 0. The number of allylic oxidation sites excluding steroid dienone is 2. The van der Waals surface area contributed by atoms with Gasteiger partial charge in [-0.3, -0.25) is 0 Å². The molecule has 1 atom stereocenters. The third-order valence-corrected chi connectivity index (χ3v) is 1.63. The molecule has 0 aromatic rings. The lowest BCUT2D eigenvalue weighted by atomic mass is 10.0. The summed E-state index contributed by atoms with van der Waals surface area (Å²) < 4.78 is 4.61. The lowest BCUT2D eigenvalue weighted by molar-refractivity contribution is -0.145. The quantitative estimate of drug-likeness (QED) is 0.560. The van der Waals surface area contributed by atoms with Crippen molar-refractivity contribution in [3.8, 4) is 0 Å². The summed E-state index contributed by atoms with van der Waals surface area (Å²) in [5.41, 5.74) is -0.691. The Bertz CT molecular complexity index is 220. The lowest BCUT2D eigenvalue weighted by Crippen LogP contribution is -2.46. The number of hydrogen-bond donors (Lipinski definition) is 1. The van der Waals surface area contributed by atoms with Crippen molar-refractivity contribution in [1.82, 2.24) is 5.32 Å². The molecule has 0 aromatic carbocycles. The molecule has 0 aromatic heterocycles. The molecule has 0 saturated heterocycles. The first-order chi connectivity index (χ1) is 5.19. The van der Waals surface area contributed by atoms with Gasteiger partial charge in [0.15, 0.2) is 5.54 Å². The molecular weight excluding hydrogens is 142 g/mol. The van der Waals surface area contributed by atoms with E-state index in [9.17, 15) is 4.79 Å². The van der Waals surface area contributed by atoms with Crippen LogP contribution in [-0.2, 0) is 9.53 Å². The van der Waals surface area contributed by atoms with Crippen LogP contribution in [0.4, 0.5) is 0 Å². The van der Waals surface area contributed by atoms with Gasteiger partial charge in [-0.15, -0.1) is 0 Å². The highest BCUT2D eigenvalue weighted by atomic mass is 16.5. The van der Waals surface area contributed by atoms with Gasteiger partial charge in [-0.05, 0) is 25.3 Å². The second-order valence-electron chi connectivity index (χ2n) is 2.56. The summed E-state index contributed by atoms with van der Waals surface area (Å²) in [6.45, 7) is 1.76. The van der Waals surface area contributed by atoms with E-state index in [1.807, 2.05) is 12.2 Å². The standard InChI is InChI=1S/C8H11NO2/c1-8(7(10)11-2)5-3-4-6-9-8/h3-6,9H,1-2H3. The number of dihydropyridines is 1. The van der Waals surface area contributed by atoms with E-state index in [1.54, 1.807) is 19.2 Å². The van der Waals surface area contributed by atoms with Gasteiger partial charge in [-0.2, -0.15) is 0 Å². The summed E-state index contributed by atoms with van der Waals surface area (Å²) in [6, 6.07) is 0. The van der Waals surface area contributed by atoms with Crippen LogP contribution in [0, 0.1) is 0 Å². The van der Waals surface area contributed by atoms with Crippen LogP contribution in [0.5, 0.6) is 0 Å². The van der Waals surface area contributed by atoms with Crippen molar-refractivity contribution < 1.29 is 9.53 Å².